The summed E-state index contributed by atoms with van der Waals surface area (Å²) in [5.41, 5.74) is 14.9. The van der Waals surface area contributed by atoms with Gasteiger partial charge in [-0.05, 0) is 59.7 Å². The monoisotopic (exact) mass is 818 g/mol. The normalized spacial score (nSPS) is 13.0. The third kappa shape index (κ3) is 7.82. The number of methoxy groups -OCH3 is 2. The Balaban J connectivity index is 0.00000283. The first-order valence-electron chi connectivity index (χ1n) is 17.4. The molecule has 6 aromatic carbocycles. The molecule has 0 saturated heterocycles. The molecule has 16 heteroatoms. The van der Waals surface area contributed by atoms with E-state index in [4.69, 9.17) is 9.47 Å². The van der Waals surface area contributed by atoms with Crippen molar-refractivity contribution in [2.24, 2.45) is 0 Å². The molecule has 0 unspecified atom stereocenters. The minimum absolute atomic E-state index is 0. The molecule has 2 heterocycles. The van der Waals surface area contributed by atoms with Gasteiger partial charge in [-0.15, -0.1) is 24.8 Å². The van der Waals surface area contributed by atoms with Crippen molar-refractivity contribution in [1.29, 1.82) is 0 Å². The molecule has 0 radical (unpaired) electrons. The van der Waals surface area contributed by atoms with Crippen LogP contribution in [0.4, 0.5) is 34.1 Å². The van der Waals surface area contributed by atoms with E-state index in [1.54, 1.807) is 48.7 Å². The topological polar surface area (TPSA) is 142 Å². The van der Waals surface area contributed by atoms with Crippen LogP contribution in [0.15, 0.2) is 158 Å². The number of nitrogens with zero attached hydrogens (tertiary/aromatic N) is 6. The number of nitro benzene ring substituents is 2. The molecular weight excluding hydrogens is 783 g/mol. The van der Waals surface area contributed by atoms with E-state index in [1.165, 1.54) is 24.3 Å². The van der Waals surface area contributed by atoms with E-state index in [1.807, 2.05) is 119 Å². The van der Waals surface area contributed by atoms with E-state index in [-0.39, 0.29) is 36.2 Å². The van der Waals surface area contributed by atoms with Gasteiger partial charge in [0.05, 0.1) is 59.2 Å². The molecular formula is C42H36Cl2N8O6. The third-order valence-electron chi connectivity index (χ3n) is 9.35. The van der Waals surface area contributed by atoms with Crippen LogP contribution in [0.3, 0.4) is 0 Å². The summed E-state index contributed by atoms with van der Waals surface area (Å²) in [6.07, 6.45) is 3.90. The Morgan fingerprint density at radius 3 is 1.17 bits per heavy atom. The number of hydrogen-bond donors (Lipinski definition) is 2. The summed E-state index contributed by atoms with van der Waals surface area (Å²) in [6.45, 7) is 0. The van der Waals surface area contributed by atoms with Crippen LogP contribution in [0.5, 0.6) is 11.5 Å². The number of anilines is 4. The van der Waals surface area contributed by atoms with Crippen molar-refractivity contribution >= 4 is 70.3 Å². The highest BCUT2D eigenvalue weighted by Gasteiger charge is 2.29. The SMILES string of the molecule is COc1cc(-c2ccc(N3C=C(c4ccccc4)NN3c3ccc([N+](=O)[O-])cc3)c(OC)c2)ccc1N1C=C(c2ccccc2)NN1c1ccc([N+](=O)[O-])cc1.Cl.Cl. The Morgan fingerprint density at radius 1 is 0.483 bits per heavy atom. The van der Waals surface area contributed by atoms with Gasteiger partial charge in [-0.2, -0.15) is 10.2 Å². The van der Waals surface area contributed by atoms with Crippen molar-refractivity contribution in [3.8, 4) is 22.6 Å². The van der Waals surface area contributed by atoms with E-state index < -0.39 is 9.85 Å². The van der Waals surface area contributed by atoms with E-state index in [0.29, 0.717) is 22.9 Å². The van der Waals surface area contributed by atoms with Gasteiger partial charge >= 0.3 is 0 Å². The first-order valence-corrected chi connectivity index (χ1v) is 17.4. The highest BCUT2D eigenvalue weighted by Crippen LogP contribution is 2.42. The molecule has 0 bridgehead atoms. The Bertz CT molecular complexity index is 2320. The lowest BCUT2D eigenvalue weighted by Gasteiger charge is -2.31. The summed E-state index contributed by atoms with van der Waals surface area (Å²) in [5, 5.41) is 30.2. The number of nitro groups is 2. The number of ether oxygens (including phenoxy) is 2. The summed E-state index contributed by atoms with van der Waals surface area (Å²) in [7, 11) is 3.22. The van der Waals surface area contributed by atoms with E-state index in [2.05, 4.69) is 10.9 Å². The highest BCUT2D eigenvalue weighted by atomic mass is 35.5. The molecule has 6 aromatic rings. The molecule has 58 heavy (non-hydrogen) atoms. The van der Waals surface area contributed by atoms with Crippen LogP contribution in [-0.2, 0) is 0 Å². The average Bonchev–Trinajstić information content (AvgIpc) is 3.90. The van der Waals surface area contributed by atoms with Crippen LogP contribution in [0.25, 0.3) is 22.5 Å². The molecule has 0 aliphatic carbocycles. The molecule has 2 N–H and O–H groups in total. The molecule has 0 atom stereocenters. The summed E-state index contributed by atoms with van der Waals surface area (Å²) >= 11 is 0. The summed E-state index contributed by atoms with van der Waals surface area (Å²) in [4.78, 5) is 21.9. The third-order valence-corrected chi connectivity index (χ3v) is 9.35. The quantitative estimate of drug-likeness (QED) is 0.0950. The maximum atomic E-state index is 11.4. The van der Waals surface area contributed by atoms with Crippen LogP contribution in [0.1, 0.15) is 11.1 Å². The lowest BCUT2D eigenvalue weighted by Crippen LogP contribution is -2.42. The molecule has 2 aliphatic rings. The molecule has 0 aromatic heterocycles. The molecule has 14 nitrogen and oxygen atoms in total. The van der Waals surface area contributed by atoms with Crippen LogP contribution in [0, 0.1) is 20.2 Å². The minimum Gasteiger partial charge on any atom is -0.494 e. The molecule has 2 aliphatic heterocycles. The zero-order chi connectivity index (χ0) is 38.8. The maximum Gasteiger partial charge on any atom is 0.269 e. The van der Waals surface area contributed by atoms with Crippen LogP contribution in [0.2, 0.25) is 0 Å². The first kappa shape index (κ1) is 40.2. The van der Waals surface area contributed by atoms with Crippen LogP contribution < -0.4 is 40.6 Å². The number of hydrazine groups is 4. The molecule has 0 amide bonds. The second-order valence-corrected chi connectivity index (χ2v) is 12.7. The number of hydrogen-bond acceptors (Lipinski definition) is 12. The van der Waals surface area contributed by atoms with Gasteiger partial charge in [-0.1, -0.05) is 72.8 Å². The Kier molecular flexibility index (Phi) is 11.9. The second kappa shape index (κ2) is 17.2. The lowest BCUT2D eigenvalue weighted by molar-refractivity contribution is -0.385. The maximum absolute atomic E-state index is 11.4. The van der Waals surface area contributed by atoms with Gasteiger partial charge in [0.25, 0.3) is 11.4 Å². The number of halogens is 2. The van der Waals surface area contributed by atoms with Gasteiger partial charge in [0.1, 0.15) is 22.9 Å². The van der Waals surface area contributed by atoms with Crippen molar-refractivity contribution in [2.75, 3.05) is 34.5 Å². The van der Waals surface area contributed by atoms with Gasteiger partial charge in [0.15, 0.2) is 0 Å². The average molecular weight is 820 g/mol. The summed E-state index contributed by atoms with van der Waals surface area (Å²) in [6, 6.07) is 44.1. The fraction of sp³-hybridized carbons (Fsp3) is 0.0476. The zero-order valence-corrected chi connectivity index (χ0v) is 32.6. The standard InChI is InChI=1S/C42H34N8O6.2ClH/c1-55-41-25-31(13-23-39(41)45-27-37(29-9-5-3-6-10-29)43-47(45)33-15-19-35(20-16-33)49(51)52)32-14-24-40(42(26-32)56-2)46-28-38(30-11-7-4-8-12-30)44-48(46)34-17-21-36(22-18-34)50(53)54;;/h3-28,43-44H,1-2H3;2*1H. The van der Waals surface area contributed by atoms with Crippen molar-refractivity contribution in [3.63, 3.8) is 0 Å². The largest absolute Gasteiger partial charge is 0.494 e. The van der Waals surface area contributed by atoms with Gasteiger partial charge < -0.3 is 9.47 Å². The molecule has 0 saturated carbocycles. The van der Waals surface area contributed by atoms with Gasteiger partial charge in [0, 0.05) is 35.4 Å². The van der Waals surface area contributed by atoms with Crippen molar-refractivity contribution in [2.45, 2.75) is 0 Å². The fourth-order valence-corrected chi connectivity index (χ4v) is 6.52. The van der Waals surface area contributed by atoms with Gasteiger partial charge in [-0.25, -0.2) is 10.0 Å². The predicted octanol–water partition coefficient (Wildman–Crippen LogP) is 9.52. The van der Waals surface area contributed by atoms with Crippen molar-refractivity contribution < 1.29 is 19.3 Å². The van der Waals surface area contributed by atoms with Gasteiger partial charge in [0.2, 0.25) is 0 Å². The van der Waals surface area contributed by atoms with Gasteiger partial charge in [-0.3, -0.25) is 31.1 Å². The molecule has 294 valence electrons. The zero-order valence-electron chi connectivity index (χ0n) is 31.0. The van der Waals surface area contributed by atoms with Crippen molar-refractivity contribution in [1.82, 2.24) is 10.9 Å². The van der Waals surface area contributed by atoms with E-state index in [9.17, 15) is 20.2 Å². The Hall–Kier alpha value is -7.42. The van der Waals surface area contributed by atoms with Crippen LogP contribution in [-0.4, -0.2) is 24.1 Å². The summed E-state index contributed by atoms with van der Waals surface area (Å²) in [5.74, 6) is 1.15. The Morgan fingerprint density at radius 2 is 0.845 bits per heavy atom. The van der Waals surface area contributed by atoms with Crippen molar-refractivity contribution in [3.05, 3.63) is 189 Å². The van der Waals surface area contributed by atoms with E-state index >= 15 is 0 Å². The predicted molar refractivity (Wildman–Crippen MR) is 231 cm³/mol. The highest BCUT2D eigenvalue weighted by molar-refractivity contribution is 5.86. The second-order valence-electron chi connectivity index (χ2n) is 12.7. The lowest BCUT2D eigenvalue weighted by atomic mass is 10.0. The smallest absolute Gasteiger partial charge is 0.269 e. The fourth-order valence-electron chi connectivity index (χ4n) is 6.52. The summed E-state index contributed by atoms with van der Waals surface area (Å²) < 4.78 is 12.0. The molecule has 0 spiro atoms. The first-order chi connectivity index (χ1) is 27.3. The van der Waals surface area contributed by atoms with Crippen LogP contribution >= 0.6 is 24.8 Å². The number of benzene rings is 6. The van der Waals surface area contributed by atoms with E-state index in [0.717, 1.165) is 45.0 Å². The number of non-ortho nitro benzene ring substituents is 2. The number of rotatable bonds is 11. The Labute approximate surface area is 345 Å². The molecule has 0 fully saturated rings. The number of nitrogens with one attached hydrogen (secondary N) is 2. The molecule has 8 rings (SSSR count). The minimum atomic E-state index is -0.425.